The standard InChI is InChI=1S/C11H9NO3/c1-7(11(14)15)10(13)9-4-2-8(6-12)3-5-9/h2-5,10,13H,1H2,(H,14,15). The summed E-state index contributed by atoms with van der Waals surface area (Å²) in [6.45, 7) is 3.26. The summed E-state index contributed by atoms with van der Waals surface area (Å²) in [6, 6.07) is 7.93. The monoisotopic (exact) mass is 203 g/mol. The van der Waals surface area contributed by atoms with E-state index in [-0.39, 0.29) is 5.57 Å². The Labute approximate surface area is 86.7 Å². The number of rotatable bonds is 3. The van der Waals surface area contributed by atoms with Crippen molar-refractivity contribution in [1.29, 1.82) is 5.26 Å². The molecule has 0 amide bonds. The molecule has 1 atom stereocenters. The average Bonchev–Trinajstić information content (AvgIpc) is 2.27. The van der Waals surface area contributed by atoms with Crippen LogP contribution in [0.1, 0.15) is 17.2 Å². The highest BCUT2D eigenvalue weighted by molar-refractivity contribution is 5.87. The summed E-state index contributed by atoms with van der Waals surface area (Å²) in [5.74, 6) is -1.24. The van der Waals surface area contributed by atoms with Gasteiger partial charge in [-0.3, -0.25) is 0 Å². The van der Waals surface area contributed by atoms with Gasteiger partial charge in [0.2, 0.25) is 0 Å². The second-order valence-corrected chi connectivity index (χ2v) is 2.97. The number of carbonyl (C=O) groups is 1. The van der Waals surface area contributed by atoms with E-state index < -0.39 is 12.1 Å². The number of benzene rings is 1. The van der Waals surface area contributed by atoms with E-state index in [1.54, 1.807) is 0 Å². The average molecular weight is 203 g/mol. The van der Waals surface area contributed by atoms with E-state index in [2.05, 4.69) is 6.58 Å². The molecule has 0 radical (unpaired) electrons. The van der Waals surface area contributed by atoms with Gasteiger partial charge in [0, 0.05) is 0 Å². The molecule has 0 aliphatic heterocycles. The van der Waals surface area contributed by atoms with Gasteiger partial charge in [0.05, 0.1) is 17.2 Å². The molecule has 1 aromatic carbocycles. The Balaban J connectivity index is 2.93. The summed E-state index contributed by atoms with van der Waals surface area (Å²) in [6.07, 6.45) is -1.24. The van der Waals surface area contributed by atoms with Crippen molar-refractivity contribution in [2.75, 3.05) is 0 Å². The van der Waals surface area contributed by atoms with E-state index in [0.29, 0.717) is 11.1 Å². The van der Waals surface area contributed by atoms with Crippen LogP contribution in [0.5, 0.6) is 0 Å². The second kappa shape index (κ2) is 4.40. The first kappa shape index (κ1) is 11.0. The van der Waals surface area contributed by atoms with Gasteiger partial charge in [-0.1, -0.05) is 18.7 Å². The molecule has 76 valence electrons. The minimum Gasteiger partial charge on any atom is -0.478 e. The third-order valence-electron chi connectivity index (χ3n) is 1.96. The molecule has 0 saturated carbocycles. The maximum Gasteiger partial charge on any atom is 0.333 e. The summed E-state index contributed by atoms with van der Waals surface area (Å²) in [5.41, 5.74) is 0.563. The topological polar surface area (TPSA) is 81.3 Å². The minimum absolute atomic E-state index is 0.292. The van der Waals surface area contributed by atoms with Gasteiger partial charge in [-0.2, -0.15) is 5.26 Å². The fraction of sp³-hybridized carbons (Fsp3) is 0.0909. The summed E-state index contributed by atoms with van der Waals surface area (Å²) < 4.78 is 0. The molecule has 0 saturated heterocycles. The Kier molecular flexibility index (Phi) is 3.21. The molecule has 0 heterocycles. The number of aliphatic hydroxyl groups excluding tert-OH is 1. The van der Waals surface area contributed by atoms with Gasteiger partial charge < -0.3 is 10.2 Å². The number of nitriles is 1. The van der Waals surface area contributed by atoms with Crippen molar-refractivity contribution in [1.82, 2.24) is 0 Å². The maximum absolute atomic E-state index is 10.5. The highest BCUT2D eigenvalue weighted by Gasteiger charge is 2.16. The Morgan fingerprint density at radius 3 is 2.33 bits per heavy atom. The Morgan fingerprint density at radius 2 is 1.93 bits per heavy atom. The van der Waals surface area contributed by atoms with Crippen molar-refractivity contribution in [2.45, 2.75) is 6.10 Å². The van der Waals surface area contributed by atoms with Crippen molar-refractivity contribution in [3.8, 4) is 6.07 Å². The lowest BCUT2D eigenvalue weighted by molar-refractivity contribution is -0.133. The van der Waals surface area contributed by atoms with Crippen molar-refractivity contribution in [3.05, 3.63) is 47.5 Å². The van der Waals surface area contributed by atoms with Gasteiger partial charge in [0.25, 0.3) is 0 Å². The van der Waals surface area contributed by atoms with Crippen LogP contribution in [0.2, 0.25) is 0 Å². The van der Waals surface area contributed by atoms with Crippen LogP contribution in [0.3, 0.4) is 0 Å². The van der Waals surface area contributed by atoms with E-state index in [0.717, 1.165) is 0 Å². The molecule has 1 rings (SSSR count). The zero-order valence-corrected chi connectivity index (χ0v) is 7.84. The van der Waals surface area contributed by atoms with Crippen LogP contribution < -0.4 is 0 Å². The van der Waals surface area contributed by atoms with Crippen LogP contribution in [0, 0.1) is 11.3 Å². The van der Waals surface area contributed by atoms with Crippen LogP contribution in [-0.2, 0) is 4.79 Å². The number of carboxylic acids is 1. The molecule has 1 unspecified atom stereocenters. The maximum atomic E-state index is 10.5. The van der Waals surface area contributed by atoms with Crippen LogP contribution >= 0.6 is 0 Å². The normalized spacial score (nSPS) is 11.5. The Hall–Kier alpha value is -2.12. The first-order valence-electron chi connectivity index (χ1n) is 4.16. The molecule has 0 aliphatic rings. The van der Waals surface area contributed by atoms with Crippen molar-refractivity contribution < 1.29 is 15.0 Å². The van der Waals surface area contributed by atoms with Gasteiger partial charge in [0.15, 0.2) is 0 Å². The smallest absolute Gasteiger partial charge is 0.333 e. The van der Waals surface area contributed by atoms with Crippen LogP contribution in [0.4, 0.5) is 0 Å². The third-order valence-corrected chi connectivity index (χ3v) is 1.96. The predicted octanol–water partition coefficient (Wildman–Crippen LogP) is 1.23. The zero-order chi connectivity index (χ0) is 11.4. The predicted molar refractivity (Wildman–Crippen MR) is 52.9 cm³/mol. The number of nitrogens with zero attached hydrogens (tertiary/aromatic N) is 1. The van der Waals surface area contributed by atoms with Gasteiger partial charge in [-0.05, 0) is 17.7 Å². The summed E-state index contributed by atoms with van der Waals surface area (Å²) >= 11 is 0. The molecule has 1 aromatic rings. The quantitative estimate of drug-likeness (QED) is 0.724. The molecule has 15 heavy (non-hydrogen) atoms. The zero-order valence-electron chi connectivity index (χ0n) is 7.84. The van der Waals surface area contributed by atoms with Crippen LogP contribution in [-0.4, -0.2) is 16.2 Å². The molecule has 0 aliphatic carbocycles. The van der Waals surface area contributed by atoms with Crippen LogP contribution in [0.15, 0.2) is 36.4 Å². The first-order valence-corrected chi connectivity index (χ1v) is 4.16. The molecular formula is C11H9NO3. The Morgan fingerprint density at radius 1 is 1.40 bits per heavy atom. The minimum atomic E-state index is -1.24. The van der Waals surface area contributed by atoms with Gasteiger partial charge in [0.1, 0.15) is 6.10 Å². The highest BCUT2D eigenvalue weighted by atomic mass is 16.4. The van der Waals surface area contributed by atoms with Crippen molar-refractivity contribution >= 4 is 5.97 Å². The molecule has 0 bridgehead atoms. The van der Waals surface area contributed by atoms with Crippen LogP contribution in [0.25, 0.3) is 0 Å². The molecule has 0 aromatic heterocycles. The second-order valence-electron chi connectivity index (χ2n) is 2.97. The van der Waals surface area contributed by atoms with E-state index in [1.165, 1.54) is 24.3 Å². The fourth-order valence-corrected chi connectivity index (χ4v) is 1.06. The number of hydrogen-bond donors (Lipinski definition) is 2. The third kappa shape index (κ3) is 2.42. The van der Waals surface area contributed by atoms with Crippen molar-refractivity contribution in [2.24, 2.45) is 0 Å². The molecular weight excluding hydrogens is 194 g/mol. The number of aliphatic carboxylic acids is 1. The number of aliphatic hydroxyl groups is 1. The fourth-order valence-electron chi connectivity index (χ4n) is 1.06. The molecule has 0 spiro atoms. The molecule has 0 fully saturated rings. The lowest BCUT2D eigenvalue weighted by atomic mass is 10.0. The SMILES string of the molecule is C=C(C(=O)O)C(O)c1ccc(C#N)cc1. The largest absolute Gasteiger partial charge is 0.478 e. The summed E-state index contributed by atoms with van der Waals surface area (Å²) in [7, 11) is 0. The first-order chi connectivity index (χ1) is 7.06. The van der Waals surface area contributed by atoms with E-state index >= 15 is 0 Å². The number of hydrogen-bond acceptors (Lipinski definition) is 3. The highest BCUT2D eigenvalue weighted by Crippen LogP contribution is 2.20. The van der Waals surface area contributed by atoms with E-state index in [4.69, 9.17) is 10.4 Å². The molecule has 4 nitrogen and oxygen atoms in total. The molecule has 4 heteroatoms. The van der Waals surface area contributed by atoms with Gasteiger partial charge in [-0.25, -0.2) is 4.79 Å². The molecule has 2 N–H and O–H groups in total. The summed E-state index contributed by atoms with van der Waals surface area (Å²) in [4.78, 5) is 10.5. The van der Waals surface area contributed by atoms with E-state index in [1.807, 2.05) is 6.07 Å². The Bertz CT molecular complexity index is 428. The van der Waals surface area contributed by atoms with Gasteiger partial charge >= 0.3 is 5.97 Å². The lowest BCUT2D eigenvalue weighted by Crippen LogP contribution is -2.09. The van der Waals surface area contributed by atoms with E-state index in [9.17, 15) is 9.90 Å². The summed E-state index contributed by atoms with van der Waals surface area (Å²) in [5, 5.41) is 26.7. The number of carboxylic acid groups (broad SMARTS) is 1. The van der Waals surface area contributed by atoms with Crippen molar-refractivity contribution in [3.63, 3.8) is 0 Å². The van der Waals surface area contributed by atoms with Gasteiger partial charge in [-0.15, -0.1) is 0 Å². The lowest BCUT2D eigenvalue weighted by Gasteiger charge is -2.10.